The summed E-state index contributed by atoms with van der Waals surface area (Å²) in [5.74, 6) is 1.19. The van der Waals surface area contributed by atoms with Crippen molar-refractivity contribution in [3.8, 4) is 11.4 Å². The first kappa shape index (κ1) is 26.5. The first-order valence-corrected chi connectivity index (χ1v) is 14.2. The van der Waals surface area contributed by atoms with Crippen LogP contribution >= 0.6 is 11.3 Å². The minimum Gasteiger partial charge on any atom is -0.378 e. The number of benzene rings is 1. The number of carbonyl (C=O) groups excluding carboxylic acids is 1. The van der Waals surface area contributed by atoms with Crippen molar-refractivity contribution in [2.75, 3.05) is 48.3 Å². The van der Waals surface area contributed by atoms with E-state index in [0.717, 1.165) is 22.2 Å². The normalized spacial score (nSPS) is 14.1. The zero-order chi connectivity index (χ0) is 27.4. The molecule has 1 aliphatic heterocycles. The summed E-state index contributed by atoms with van der Waals surface area (Å²) in [4.78, 5) is 27.3. The van der Waals surface area contributed by atoms with Crippen molar-refractivity contribution in [3.63, 3.8) is 0 Å². The zero-order valence-electron chi connectivity index (χ0n) is 20.8. The SMILES string of the molecule is CNc1ccc(-c2nc(N3CCOCC3)c3sc(NS(=O)(=O)c4cccc(C=CC(=O)NO)c4)cc3n2)cn1. The van der Waals surface area contributed by atoms with E-state index in [0.29, 0.717) is 54.0 Å². The topological polar surface area (TPSA) is 159 Å². The van der Waals surface area contributed by atoms with Gasteiger partial charge in [0, 0.05) is 38.0 Å². The van der Waals surface area contributed by atoms with Crippen LogP contribution in [0, 0.1) is 0 Å². The summed E-state index contributed by atoms with van der Waals surface area (Å²) in [6.45, 7) is 2.43. The van der Waals surface area contributed by atoms with Crippen LogP contribution in [0.4, 0.5) is 16.6 Å². The molecule has 0 atom stereocenters. The molecule has 0 unspecified atom stereocenters. The summed E-state index contributed by atoms with van der Waals surface area (Å²) in [6.07, 6.45) is 4.18. The third-order valence-corrected chi connectivity index (χ3v) is 8.41. The van der Waals surface area contributed by atoms with Crippen LogP contribution in [0.3, 0.4) is 0 Å². The van der Waals surface area contributed by atoms with E-state index >= 15 is 0 Å². The van der Waals surface area contributed by atoms with E-state index in [9.17, 15) is 13.2 Å². The second-order valence-electron chi connectivity index (χ2n) is 8.46. The smallest absolute Gasteiger partial charge is 0.267 e. The van der Waals surface area contributed by atoms with E-state index in [4.69, 9.17) is 19.9 Å². The monoisotopic (exact) mass is 567 g/mol. The Labute approximate surface area is 228 Å². The van der Waals surface area contributed by atoms with Gasteiger partial charge in [0.2, 0.25) is 0 Å². The fourth-order valence-electron chi connectivity index (χ4n) is 3.94. The van der Waals surface area contributed by atoms with Crippen LogP contribution in [0.15, 0.2) is 59.6 Å². The number of pyridine rings is 1. The van der Waals surface area contributed by atoms with Crippen molar-refractivity contribution in [3.05, 3.63) is 60.3 Å². The number of nitrogens with one attached hydrogen (secondary N) is 3. The summed E-state index contributed by atoms with van der Waals surface area (Å²) in [7, 11) is -2.17. The molecule has 1 saturated heterocycles. The quantitative estimate of drug-likeness (QED) is 0.142. The van der Waals surface area contributed by atoms with E-state index in [1.165, 1.54) is 35.0 Å². The summed E-state index contributed by atoms with van der Waals surface area (Å²) in [5, 5.41) is 12.0. The Hall–Kier alpha value is -4.11. The molecule has 39 heavy (non-hydrogen) atoms. The standard InChI is InChI=1S/C25H25N7O5S2/c1-26-20-7-6-17(15-27-20)24-28-19-14-22(38-23(19)25(29-24)32-9-11-37-12-10-32)31-39(35,36)18-4-2-3-16(13-18)5-8-21(33)30-34/h2-8,13-15,31,34H,9-12H2,1H3,(H,26,27)(H,30,33). The summed E-state index contributed by atoms with van der Waals surface area (Å²) in [5.41, 5.74) is 3.30. The van der Waals surface area contributed by atoms with Crippen molar-refractivity contribution in [2.24, 2.45) is 0 Å². The predicted octanol–water partition coefficient (Wildman–Crippen LogP) is 2.95. The van der Waals surface area contributed by atoms with Crippen LogP contribution in [0.5, 0.6) is 0 Å². The number of sulfonamides is 1. The van der Waals surface area contributed by atoms with Gasteiger partial charge < -0.3 is 15.0 Å². The lowest BCUT2D eigenvalue weighted by Crippen LogP contribution is -2.36. The Balaban J connectivity index is 1.50. The lowest BCUT2D eigenvalue weighted by Gasteiger charge is -2.28. The highest BCUT2D eigenvalue weighted by atomic mass is 32.2. The molecular weight excluding hydrogens is 542 g/mol. The maximum absolute atomic E-state index is 13.2. The number of morpholine rings is 1. The number of hydrogen-bond donors (Lipinski definition) is 4. The molecule has 1 aliphatic rings. The van der Waals surface area contributed by atoms with E-state index in [1.54, 1.807) is 31.4 Å². The van der Waals surface area contributed by atoms with E-state index in [2.05, 4.69) is 19.9 Å². The van der Waals surface area contributed by atoms with Crippen LogP contribution < -0.4 is 20.4 Å². The highest BCUT2D eigenvalue weighted by Gasteiger charge is 2.22. The van der Waals surface area contributed by atoms with E-state index in [-0.39, 0.29) is 4.90 Å². The summed E-state index contributed by atoms with van der Waals surface area (Å²) in [6, 6.07) is 11.5. The van der Waals surface area contributed by atoms with E-state index in [1.807, 2.05) is 12.1 Å². The second kappa shape index (κ2) is 11.3. The van der Waals surface area contributed by atoms with Crippen LogP contribution in [-0.4, -0.2) is 67.8 Å². The van der Waals surface area contributed by atoms with Gasteiger partial charge in [-0.05, 0) is 42.0 Å². The predicted molar refractivity (Wildman–Crippen MR) is 149 cm³/mol. The minimum atomic E-state index is -3.96. The summed E-state index contributed by atoms with van der Waals surface area (Å²) >= 11 is 1.25. The molecule has 4 N–H and O–H groups in total. The van der Waals surface area contributed by atoms with Gasteiger partial charge in [0.25, 0.3) is 15.9 Å². The van der Waals surface area contributed by atoms with Crippen molar-refractivity contribution < 1.29 is 23.2 Å². The van der Waals surface area contributed by atoms with Crippen LogP contribution in [0.1, 0.15) is 5.56 Å². The number of hydroxylamine groups is 1. The third-order valence-electron chi connectivity index (χ3n) is 5.88. The highest BCUT2D eigenvalue weighted by molar-refractivity contribution is 7.93. The Morgan fingerprint density at radius 2 is 1.97 bits per heavy atom. The van der Waals surface area contributed by atoms with Gasteiger partial charge in [-0.15, -0.1) is 11.3 Å². The van der Waals surface area contributed by atoms with Crippen LogP contribution in [0.2, 0.25) is 0 Å². The third kappa shape index (κ3) is 5.98. The summed E-state index contributed by atoms with van der Waals surface area (Å²) < 4.78 is 35.4. The van der Waals surface area contributed by atoms with Gasteiger partial charge in [-0.1, -0.05) is 12.1 Å². The molecule has 14 heteroatoms. The molecule has 12 nitrogen and oxygen atoms in total. The number of hydrogen-bond acceptors (Lipinski definition) is 11. The Bertz CT molecular complexity index is 1630. The molecule has 0 spiro atoms. The largest absolute Gasteiger partial charge is 0.378 e. The Morgan fingerprint density at radius 3 is 2.69 bits per heavy atom. The molecule has 202 valence electrons. The maximum Gasteiger partial charge on any atom is 0.267 e. The van der Waals surface area contributed by atoms with E-state index < -0.39 is 15.9 Å². The van der Waals surface area contributed by atoms with Gasteiger partial charge in [-0.3, -0.25) is 14.7 Å². The number of rotatable bonds is 8. The Kier molecular flexibility index (Phi) is 7.70. The molecule has 4 heterocycles. The minimum absolute atomic E-state index is 0.0161. The van der Waals surface area contributed by atoms with Gasteiger partial charge in [0.1, 0.15) is 10.8 Å². The van der Waals surface area contributed by atoms with Crippen molar-refractivity contribution in [1.29, 1.82) is 0 Å². The molecule has 0 saturated carbocycles. The molecule has 1 amide bonds. The van der Waals surface area contributed by atoms with Crippen molar-refractivity contribution >= 4 is 60.2 Å². The number of ether oxygens (including phenoxy) is 1. The molecule has 3 aromatic heterocycles. The Morgan fingerprint density at radius 1 is 1.15 bits per heavy atom. The number of fused-ring (bicyclic) bond motifs is 1. The molecule has 0 radical (unpaired) electrons. The fourth-order valence-corrected chi connectivity index (χ4v) is 6.30. The van der Waals surface area contributed by atoms with Gasteiger partial charge in [-0.25, -0.2) is 28.8 Å². The molecule has 1 aromatic carbocycles. The number of thiophene rings is 1. The molecule has 0 aliphatic carbocycles. The molecule has 4 aromatic rings. The van der Waals surface area contributed by atoms with Gasteiger partial charge in [0.05, 0.1) is 28.3 Å². The number of nitrogens with zero attached hydrogens (tertiary/aromatic N) is 4. The van der Waals surface area contributed by atoms with Crippen LogP contribution in [-0.2, 0) is 19.6 Å². The van der Waals surface area contributed by atoms with Crippen molar-refractivity contribution in [2.45, 2.75) is 4.90 Å². The lowest BCUT2D eigenvalue weighted by atomic mass is 10.2. The fraction of sp³-hybridized carbons (Fsp3) is 0.200. The lowest BCUT2D eigenvalue weighted by molar-refractivity contribution is -0.124. The zero-order valence-corrected chi connectivity index (χ0v) is 22.4. The van der Waals surface area contributed by atoms with Gasteiger partial charge in [0.15, 0.2) is 11.6 Å². The highest BCUT2D eigenvalue weighted by Crippen LogP contribution is 2.37. The number of carbonyl (C=O) groups is 1. The number of amides is 1. The average Bonchev–Trinajstić information content (AvgIpc) is 3.37. The molecule has 5 rings (SSSR count). The number of aromatic nitrogens is 3. The maximum atomic E-state index is 13.2. The first-order valence-electron chi connectivity index (χ1n) is 11.9. The number of anilines is 3. The molecule has 0 bridgehead atoms. The molecular formula is C25H25N7O5S2. The molecule has 1 fully saturated rings. The van der Waals surface area contributed by atoms with Crippen LogP contribution in [0.25, 0.3) is 27.7 Å². The average molecular weight is 568 g/mol. The first-order chi connectivity index (χ1) is 18.9. The van der Waals surface area contributed by atoms with Crippen molar-refractivity contribution in [1.82, 2.24) is 20.4 Å². The van der Waals surface area contributed by atoms with Gasteiger partial charge in [-0.2, -0.15) is 0 Å². The van der Waals surface area contributed by atoms with Gasteiger partial charge >= 0.3 is 0 Å². The second-order valence-corrected chi connectivity index (χ2v) is 11.2.